The Hall–Kier alpha value is -12.3. The van der Waals surface area contributed by atoms with Gasteiger partial charge in [0.2, 0.25) is 22.7 Å². The standard InChI is InChI=1S/C38H18N6S2.C14H2Br2N4.C14H4N4.C12H9NS.CH4.Br2/c1-41-27-20-25-24(38(36(27)42-2)44-30-13-5-9-17-34(30)46-35-18-10-6-14-31(35)44)19-23(21-39)26(22-40)37(25)43-28-11-3-7-15-32(28)45-33-16-8-4-12-29(33)43;1-19-11-4-9-8(13(16)14(11)20-2)3-7(5-17)10(6-18)12(9)15;1-17-13-5-10-6-14(18-2)12(8-16)4-9(10)3-11(13)7-15;1-3-7-11-9(5-1)13-10-6-2-4-8-12(10)14-11;;1-2/h3-20H;3-4H;3-6H;1-8,13H;1H4;. The molecule has 101 heavy (non-hydrogen) atoms. The van der Waals surface area contributed by atoms with Crippen LogP contribution < -0.4 is 15.1 Å². The van der Waals surface area contributed by atoms with E-state index >= 15 is 0 Å². The second kappa shape index (κ2) is 31.9. The number of rotatable bonds is 2. The molecule has 22 heteroatoms. The van der Waals surface area contributed by atoms with Gasteiger partial charge in [-0.3, -0.25) is 4.85 Å². The predicted molar refractivity (Wildman–Crippen MR) is 416 cm³/mol. The van der Waals surface area contributed by atoms with E-state index in [0.29, 0.717) is 52.6 Å². The van der Waals surface area contributed by atoms with Gasteiger partial charge in [-0.05, 0) is 157 Å². The smallest absolute Gasteiger partial charge is 0.218 e. The molecule has 3 aliphatic rings. The fourth-order valence-corrected chi connectivity index (χ4v) is 15.7. The Morgan fingerprint density at radius 1 is 0.337 bits per heavy atom. The topological polar surface area (TPSA) is 187 Å². The summed E-state index contributed by atoms with van der Waals surface area (Å²) < 4.78 is 0.911. The number of nitrogens with zero attached hydrogens (tertiary/aromatic N) is 14. The van der Waals surface area contributed by atoms with Crippen LogP contribution in [0.4, 0.5) is 79.6 Å². The van der Waals surface area contributed by atoms with Gasteiger partial charge in [0.1, 0.15) is 24.3 Å². The molecule has 1 N–H and O–H groups in total. The number of nitriles is 6. The van der Waals surface area contributed by atoms with Crippen molar-refractivity contribution in [2.45, 2.75) is 36.8 Å². The molecule has 3 heterocycles. The second-order valence-corrected chi connectivity index (χ2v) is 25.8. The van der Waals surface area contributed by atoms with E-state index in [9.17, 15) is 10.5 Å². The number of benzene rings is 12. The Morgan fingerprint density at radius 3 is 1.09 bits per heavy atom. The van der Waals surface area contributed by atoms with Gasteiger partial charge >= 0.3 is 0 Å². The van der Waals surface area contributed by atoms with Crippen molar-refractivity contribution in [3.63, 3.8) is 0 Å². The SMILES string of the molecule is BrBr.C.[C-]#[N+]c1cc2c(Br)c(C#N)c(C#N)cc2c(Br)c1[N+]#[C-].[C-]#[N+]c1cc2c(N3c4ccccc4Sc4ccccc43)c(C#N)c(C#N)cc2c(N2c3ccccc3Sc3ccccc32)c1[N+]#[C-].[C-]#[N+]c1cc2cc([N+]#[C-])c(C#N)cc2cc1C#N.c1ccc2c(c1)Nc1ccccc1S2. The van der Waals surface area contributed by atoms with Crippen LogP contribution in [0.25, 0.3) is 61.4 Å². The number of para-hydroxylation sites is 6. The Kier molecular flexibility index (Phi) is 22.6. The van der Waals surface area contributed by atoms with E-state index < -0.39 is 0 Å². The van der Waals surface area contributed by atoms with Crippen molar-refractivity contribution in [3.05, 3.63) is 305 Å². The molecule has 0 saturated carbocycles. The molecule has 0 aliphatic carbocycles. The van der Waals surface area contributed by atoms with E-state index in [-0.39, 0.29) is 74.9 Å². The normalized spacial score (nSPS) is 10.9. The number of hydrogen-bond donors (Lipinski definition) is 1. The third-order valence-corrected chi connectivity index (χ3v) is 20.7. The molecular formula is C79H37Br4N15S3. The summed E-state index contributed by atoms with van der Waals surface area (Å²) in [5.74, 6) is 0. The summed E-state index contributed by atoms with van der Waals surface area (Å²) in [7, 11) is 0. The summed E-state index contributed by atoms with van der Waals surface area (Å²) in [4.78, 5) is 31.7. The van der Waals surface area contributed by atoms with Crippen LogP contribution in [0.5, 0.6) is 0 Å². The largest absolute Gasteiger partial charge is 0.354 e. The van der Waals surface area contributed by atoms with Gasteiger partial charge in [-0.1, -0.05) is 144 Å². The molecule has 0 saturated heterocycles. The highest BCUT2D eigenvalue weighted by molar-refractivity contribution is 9.93. The molecule has 0 amide bonds. The van der Waals surface area contributed by atoms with Crippen molar-refractivity contribution in [2.24, 2.45) is 0 Å². The molecule has 15 rings (SSSR count). The summed E-state index contributed by atoms with van der Waals surface area (Å²) in [6.07, 6.45) is 0. The average molecular weight is 1610 g/mol. The maximum Gasteiger partial charge on any atom is 0.218 e. The van der Waals surface area contributed by atoms with Gasteiger partial charge in [-0.15, -0.1) is 0 Å². The number of nitrogens with one attached hydrogen (secondary N) is 1. The van der Waals surface area contributed by atoms with Crippen molar-refractivity contribution in [2.75, 3.05) is 15.1 Å². The van der Waals surface area contributed by atoms with Crippen LogP contribution in [0.15, 0.2) is 232 Å². The van der Waals surface area contributed by atoms with Gasteiger partial charge in [-0.25, -0.2) is 24.2 Å². The summed E-state index contributed by atoms with van der Waals surface area (Å²) in [5.41, 5.74) is 9.56. The summed E-state index contributed by atoms with van der Waals surface area (Å²) in [5, 5.41) is 64.5. The third-order valence-electron chi connectivity index (χ3n) is 15.7. The van der Waals surface area contributed by atoms with Gasteiger partial charge in [-0.2, -0.15) is 31.6 Å². The van der Waals surface area contributed by atoms with Gasteiger partial charge in [0.15, 0.2) is 11.4 Å². The predicted octanol–water partition coefficient (Wildman–Crippen LogP) is 26.7. The summed E-state index contributed by atoms with van der Waals surface area (Å²) >= 11 is 17.2. The number of hydrogen-bond acceptors (Lipinski definition) is 12. The summed E-state index contributed by atoms with van der Waals surface area (Å²) in [6, 6.07) is 73.9. The van der Waals surface area contributed by atoms with Crippen LogP contribution in [-0.4, -0.2) is 0 Å². The van der Waals surface area contributed by atoms with E-state index in [2.05, 4.69) is 155 Å². The van der Waals surface area contributed by atoms with E-state index in [4.69, 9.17) is 60.5 Å². The van der Waals surface area contributed by atoms with Crippen molar-refractivity contribution in [1.82, 2.24) is 0 Å². The van der Waals surface area contributed by atoms with Crippen molar-refractivity contribution >= 4 is 207 Å². The molecule has 0 radical (unpaired) electrons. The first kappa shape index (κ1) is 71.4. The quantitative estimate of drug-likeness (QED) is 0.162. The lowest BCUT2D eigenvalue weighted by Gasteiger charge is -2.37. The minimum absolute atomic E-state index is 0. The van der Waals surface area contributed by atoms with E-state index in [1.54, 1.807) is 72.1 Å². The van der Waals surface area contributed by atoms with Crippen LogP contribution in [-0.2, 0) is 0 Å². The van der Waals surface area contributed by atoms with Gasteiger partial charge in [0.25, 0.3) is 0 Å². The maximum atomic E-state index is 10.7. The molecular weight excluding hydrogens is 1570 g/mol. The fraction of sp³-hybridized carbons (Fsp3) is 0.0127. The molecule has 0 atom stereocenters. The number of halogens is 4. The Morgan fingerprint density at radius 2 is 0.673 bits per heavy atom. The van der Waals surface area contributed by atoms with Crippen molar-refractivity contribution in [1.29, 1.82) is 31.6 Å². The van der Waals surface area contributed by atoms with Crippen molar-refractivity contribution < 1.29 is 0 Å². The Bertz CT molecular complexity index is 5470. The first-order valence-electron chi connectivity index (χ1n) is 28.9. The number of fused-ring (bicyclic) bond motifs is 9. The first-order valence-corrected chi connectivity index (χ1v) is 36.7. The lowest BCUT2D eigenvalue weighted by atomic mass is 9.94. The molecule has 0 unspecified atom stereocenters. The third kappa shape index (κ3) is 13.6. The number of anilines is 8. The van der Waals surface area contributed by atoms with Crippen LogP contribution >= 0.6 is 95.4 Å². The van der Waals surface area contributed by atoms with Crippen LogP contribution in [0.2, 0.25) is 0 Å². The minimum Gasteiger partial charge on any atom is -0.354 e. The molecule has 0 aromatic heterocycles. The zero-order chi connectivity index (χ0) is 70.7. The molecule has 12 aromatic carbocycles. The molecule has 12 aromatic rings. The Labute approximate surface area is 626 Å². The zero-order valence-electron chi connectivity index (χ0n) is 51.0. The highest BCUT2D eigenvalue weighted by Gasteiger charge is 2.34. The second-order valence-electron chi connectivity index (χ2n) is 21.0. The zero-order valence-corrected chi connectivity index (χ0v) is 59.8. The lowest BCUT2D eigenvalue weighted by molar-refractivity contribution is 1.16. The van der Waals surface area contributed by atoms with Gasteiger partial charge in [0, 0.05) is 72.3 Å². The van der Waals surface area contributed by atoms with E-state index in [1.165, 1.54) is 21.2 Å². The monoisotopic (exact) mass is 1610 g/mol. The maximum absolute atomic E-state index is 10.7. The fourth-order valence-electron chi connectivity index (χ4n) is 11.3. The lowest BCUT2D eigenvalue weighted by Crippen LogP contribution is -2.18. The first-order chi connectivity index (χ1) is 48.9. The Balaban J connectivity index is 0.000000165. The van der Waals surface area contributed by atoms with E-state index in [0.717, 1.165) is 42.3 Å². The van der Waals surface area contributed by atoms with Crippen LogP contribution in [0.3, 0.4) is 0 Å². The van der Waals surface area contributed by atoms with Gasteiger partial charge in [0.05, 0.1) is 125 Å². The molecule has 0 spiro atoms. The molecule has 0 fully saturated rings. The minimum atomic E-state index is 0. The highest BCUT2D eigenvalue weighted by Crippen LogP contribution is 2.60. The average Bonchev–Trinajstić information content (AvgIpc) is 0.713. The summed E-state index contributed by atoms with van der Waals surface area (Å²) in [6.45, 7) is 44.8. The van der Waals surface area contributed by atoms with E-state index in [1.807, 2.05) is 143 Å². The molecule has 0 bridgehead atoms. The van der Waals surface area contributed by atoms with Crippen LogP contribution in [0.1, 0.15) is 40.8 Å². The highest BCUT2D eigenvalue weighted by atomic mass is 80.9. The molecule has 3 aliphatic heterocycles. The van der Waals surface area contributed by atoms with Gasteiger partial charge < -0.3 is 15.1 Å². The molecule has 15 nitrogen and oxygen atoms in total. The molecule has 474 valence electrons. The van der Waals surface area contributed by atoms with Crippen LogP contribution in [0, 0.1) is 107 Å². The van der Waals surface area contributed by atoms with Crippen molar-refractivity contribution in [3.8, 4) is 36.4 Å².